The van der Waals surface area contributed by atoms with Crippen molar-refractivity contribution >= 4 is 0 Å². The Bertz CT molecular complexity index is 268. The number of terminal acetylenes is 1. The molecule has 0 rings (SSSR count). The van der Waals surface area contributed by atoms with Crippen LogP contribution in [0.5, 0.6) is 0 Å². The van der Waals surface area contributed by atoms with Crippen LogP contribution in [0.1, 0.15) is 46.5 Å². The third-order valence-electron chi connectivity index (χ3n) is 2.86. The standard InChI is InChI=1S/C15H24O/c1-5-10-15(16)14(4)12-9-7-8-11-13(3)6-2/h1,7,9,12-13,15-16H,6,8,10-11H2,2-4H3/b9-7+,14-12+/t13-,15?/m0/s1. The highest BCUT2D eigenvalue weighted by Crippen LogP contribution is 2.10. The van der Waals surface area contributed by atoms with Gasteiger partial charge in [0.05, 0.1) is 6.10 Å². The number of rotatable bonds is 7. The number of hydrogen-bond acceptors (Lipinski definition) is 1. The van der Waals surface area contributed by atoms with Crippen molar-refractivity contribution in [3.63, 3.8) is 0 Å². The molecule has 0 saturated carbocycles. The zero-order valence-electron chi connectivity index (χ0n) is 10.7. The van der Waals surface area contributed by atoms with Gasteiger partial charge in [0.25, 0.3) is 0 Å². The Hall–Kier alpha value is -1.00. The topological polar surface area (TPSA) is 20.2 Å². The number of allylic oxidation sites excluding steroid dienone is 3. The van der Waals surface area contributed by atoms with Crippen LogP contribution < -0.4 is 0 Å². The Morgan fingerprint density at radius 3 is 2.75 bits per heavy atom. The van der Waals surface area contributed by atoms with Crippen molar-refractivity contribution in [2.75, 3.05) is 0 Å². The van der Waals surface area contributed by atoms with Crippen LogP contribution in [0.4, 0.5) is 0 Å². The molecule has 90 valence electrons. The van der Waals surface area contributed by atoms with Gasteiger partial charge in [0.2, 0.25) is 0 Å². The lowest BCUT2D eigenvalue weighted by Crippen LogP contribution is -2.05. The van der Waals surface area contributed by atoms with E-state index in [1.807, 2.05) is 19.1 Å². The van der Waals surface area contributed by atoms with Crippen molar-refractivity contribution < 1.29 is 5.11 Å². The average Bonchev–Trinajstić information content (AvgIpc) is 2.28. The molecule has 0 saturated heterocycles. The SMILES string of the molecule is C#CCC(O)/C(C)=C/C=C/CC[C@@H](C)CC. The van der Waals surface area contributed by atoms with Crippen molar-refractivity contribution in [3.8, 4) is 12.3 Å². The normalized spacial score (nSPS) is 16.1. The van der Waals surface area contributed by atoms with Crippen LogP contribution >= 0.6 is 0 Å². The average molecular weight is 220 g/mol. The molecular weight excluding hydrogens is 196 g/mol. The summed E-state index contributed by atoms with van der Waals surface area (Å²) in [4.78, 5) is 0. The highest BCUT2D eigenvalue weighted by Gasteiger charge is 2.01. The van der Waals surface area contributed by atoms with Gasteiger partial charge >= 0.3 is 0 Å². The first kappa shape index (κ1) is 15.0. The van der Waals surface area contributed by atoms with Gasteiger partial charge in [0.1, 0.15) is 0 Å². The smallest absolute Gasteiger partial charge is 0.0859 e. The lowest BCUT2D eigenvalue weighted by atomic mass is 10.0. The summed E-state index contributed by atoms with van der Waals surface area (Å²) in [5, 5.41) is 9.56. The van der Waals surface area contributed by atoms with E-state index in [1.165, 1.54) is 12.8 Å². The molecule has 16 heavy (non-hydrogen) atoms. The van der Waals surface area contributed by atoms with Crippen molar-refractivity contribution in [3.05, 3.63) is 23.8 Å². The molecule has 0 aromatic heterocycles. The lowest BCUT2D eigenvalue weighted by Gasteiger charge is -2.06. The first-order valence-corrected chi connectivity index (χ1v) is 6.06. The van der Waals surface area contributed by atoms with E-state index in [0.29, 0.717) is 6.42 Å². The van der Waals surface area contributed by atoms with E-state index in [0.717, 1.165) is 17.9 Å². The largest absolute Gasteiger partial charge is 0.388 e. The van der Waals surface area contributed by atoms with E-state index >= 15 is 0 Å². The maximum atomic E-state index is 9.56. The highest BCUT2D eigenvalue weighted by atomic mass is 16.3. The summed E-state index contributed by atoms with van der Waals surface area (Å²) in [6, 6.07) is 0. The van der Waals surface area contributed by atoms with Crippen LogP contribution in [0.3, 0.4) is 0 Å². The minimum absolute atomic E-state index is 0.392. The quantitative estimate of drug-likeness (QED) is 0.512. The molecule has 1 nitrogen and oxygen atoms in total. The summed E-state index contributed by atoms with van der Waals surface area (Å²) in [5.41, 5.74) is 0.928. The van der Waals surface area contributed by atoms with Gasteiger partial charge in [-0.05, 0) is 31.3 Å². The Balaban J connectivity index is 3.88. The van der Waals surface area contributed by atoms with Crippen LogP contribution in [0, 0.1) is 18.3 Å². The van der Waals surface area contributed by atoms with E-state index < -0.39 is 6.10 Å². The molecule has 0 aromatic carbocycles. The first-order valence-electron chi connectivity index (χ1n) is 6.06. The molecule has 0 heterocycles. The van der Waals surface area contributed by atoms with Crippen LogP contribution in [0.15, 0.2) is 23.8 Å². The summed E-state index contributed by atoms with van der Waals surface area (Å²) < 4.78 is 0. The fourth-order valence-corrected chi connectivity index (χ4v) is 1.28. The van der Waals surface area contributed by atoms with Crippen molar-refractivity contribution in [1.82, 2.24) is 0 Å². The molecule has 1 N–H and O–H groups in total. The maximum Gasteiger partial charge on any atom is 0.0859 e. The molecule has 0 bridgehead atoms. The zero-order valence-corrected chi connectivity index (χ0v) is 10.7. The van der Waals surface area contributed by atoms with Crippen LogP contribution in [0.2, 0.25) is 0 Å². The molecule has 0 spiro atoms. The number of hydrogen-bond donors (Lipinski definition) is 1. The summed E-state index contributed by atoms with van der Waals surface area (Å²) >= 11 is 0. The predicted octanol–water partition coefficient (Wildman–Crippen LogP) is 3.70. The minimum atomic E-state index is -0.496. The Labute approximate surface area is 100 Å². The molecule has 0 amide bonds. The summed E-state index contributed by atoms with van der Waals surface area (Å²) in [6.45, 7) is 6.39. The van der Waals surface area contributed by atoms with Gasteiger partial charge in [-0.15, -0.1) is 12.3 Å². The Kier molecular flexibility index (Phi) is 8.66. The molecule has 1 heteroatoms. The van der Waals surface area contributed by atoms with Crippen molar-refractivity contribution in [2.24, 2.45) is 5.92 Å². The lowest BCUT2D eigenvalue weighted by molar-refractivity contribution is 0.217. The molecule has 0 fully saturated rings. The van der Waals surface area contributed by atoms with Crippen molar-refractivity contribution in [1.29, 1.82) is 0 Å². The predicted molar refractivity (Wildman–Crippen MR) is 71.0 cm³/mol. The fraction of sp³-hybridized carbons (Fsp3) is 0.600. The molecule has 0 aliphatic carbocycles. The van der Waals surface area contributed by atoms with Crippen LogP contribution in [-0.2, 0) is 0 Å². The van der Waals surface area contributed by atoms with Crippen LogP contribution in [0.25, 0.3) is 0 Å². The third kappa shape index (κ3) is 7.31. The van der Waals surface area contributed by atoms with E-state index in [9.17, 15) is 5.11 Å². The second-order valence-corrected chi connectivity index (χ2v) is 4.35. The van der Waals surface area contributed by atoms with Crippen LogP contribution in [-0.4, -0.2) is 11.2 Å². The van der Waals surface area contributed by atoms with E-state index in [1.54, 1.807) is 0 Å². The fourth-order valence-electron chi connectivity index (χ4n) is 1.28. The number of aliphatic hydroxyl groups excluding tert-OH is 1. The summed E-state index contributed by atoms with van der Waals surface area (Å²) in [5.74, 6) is 3.25. The summed E-state index contributed by atoms with van der Waals surface area (Å²) in [6.07, 6.45) is 14.7. The van der Waals surface area contributed by atoms with Gasteiger partial charge in [0.15, 0.2) is 0 Å². The molecule has 0 aromatic rings. The third-order valence-corrected chi connectivity index (χ3v) is 2.86. The van der Waals surface area contributed by atoms with Gasteiger partial charge in [-0.3, -0.25) is 0 Å². The second kappa shape index (κ2) is 9.24. The van der Waals surface area contributed by atoms with Crippen molar-refractivity contribution in [2.45, 2.75) is 52.6 Å². The monoisotopic (exact) mass is 220 g/mol. The maximum absolute atomic E-state index is 9.56. The van der Waals surface area contributed by atoms with Gasteiger partial charge in [-0.1, -0.05) is 38.5 Å². The van der Waals surface area contributed by atoms with E-state index in [2.05, 4.69) is 25.8 Å². The zero-order chi connectivity index (χ0) is 12.4. The molecule has 2 atom stereocenters. The molecular formula is C15H24O. The first-order chi connectivity index (χ1) is 7.61. The Morgan fingerprint density at radius 2 is 2.19 bits per heavy atom. The highest BCUT2D eigenvalue weighted by molar-refractivity contribution is 5.15. The molecule has 0 radical (unpaired) electrons. The Morgan fingerprint density at radius 1 is 1.50 bits per heavy atom. The van der Waals surface area contributed by atoms with Gasteiger partial charge < -0.3 is 5.11 Å². The molecule has 0 aliphatic heterocycles. The minimum Gasteiger partial charge on any atom is -0.388 e. The second-order valence-electron chi connectivity index (χ2n) is 4.35. The molecule has 0 aliphatic rings. The molecule has 1 unspecified atom stereocenters. The van der Waals surface area contributed by atoms with E-state index in [4.69, 9.17) is 6.42 Å². The van der Waals surface area contributed by atoms with Gasteiger partial charge in [0, 0.05) is 6.42 Å². The van der Waals surface area contributed by atoms with Gasteiger partial charge in [-0.2, -0.15) is 0 Å². The summed E-state index contributed by atoms with van der Waals surface area (Å²) in [7, 11) is 0. The van der Waals surface area contributed by atoms with E-state index in [-0.39, 0.29) is 0 Å². The van der Waals surface area contributed by atoms with Gasteiger partial charge in [-0.25, -0.2) is 0 Å². The number of aliphatic hydroxyl groups is 1.